The smallest absolute Gasteiger partial charge is 0.387 e. The average molecular weight is 340 g/mol. The molecule has 0 saturated heterocycles. The van der Waals surface area contributed by atoms with Crippen LogP contribution in [0.15, 0.2) is 24.3 Å². The predicted octanol–water partition coefficient (Wildman–Crippen LogP) is 2.81. The maximum Gasteiger partial charge on any atom is 0.387 e. The summed E-state index contributed by atoms with van der Waals surface area (Å²) in [6.45, 7) is -2.24. The third-order valence-electron chi connectivity index (χ3n) is 4.86. The zero-order valence-corrected chi connectivity index (χ0v) is 13.3. The Morgan fingerprint density at radius 1 is 1.33 bits per heavy atom. The number of alkyl halides is 2. The average Bonchev–Trinajstić information content (AvgIpc) is 3.43. The Bertz CT molecular complexity index is 589. The summed E-state index contributed by atoms with van der Waals surface area (Å²) in [5.41, 5.74) is 0.724. The zero-order chi connectivity index (χ0) is 17.2. The Hall–Kier alpha value is -1.89. The SMILES string of the molecule is O=C(NCC(O)c1cccc(OC(F)F)c1)NCC1(C2CC2)CC1. The van der Waals surface area contributed by atoms with Gasteiger partial charge in [-0.25, -0.2) is 4.79 Å². The first kappa shape index (κ1) is 17.0. The van der Waals surface area contributed by atoms with E-state index >= 15 is 0 Å². The van der Waals surface area contributed by atoms with Crippen LogP contribution in [0.1, 0.15) is 37.4 Å². The van der Waals surface area contributed by atoms with E-state index in [9.17, 15) is 18.7 Å². The number of carbonyl (C=O) groups is 1. The van der Waals surface area contributed by atoms with E-state index in [0.29, 0.717) is 17.5 Å². The first-order valence-electron chi connectivity index (χ1n) is 8.23. The fourth-order valence-electron chi connectivity index (χ4n) is 3.11. The number of urea groups is 1. The minimum atomic E-state index is -2.91. The molecule has 1 aromatic carbocycles. The Kier molecular flexibility index (Phi) is 4.89. The second-order valence-corrected chi connectivity index (χ2v) is 6.67. The van der Waals surface area contributed by atoms with Crippen molar-refractivity contribution in [3.05, 3.63) is 29.8 Å². The summed E-state index contributed by atoms with van der Waals surface area (Å²) in [6, 6.07) is 5.51. The number of rotatable bonds is 8. The highest BCUT2D eigenvalue weighted by molar-refractivity contribution is 5.74. The molecular weight excluding hydrogens is 318 g/mol. The fourth-order valence-corrected chi connectivity index (χ4v) is 3.11. The summed E-state index contributed by atoms with van der Waals surface area (Å²) < 4.78 is 28.7. The minimum absolute atomic E-state index is 0.000391. The van der Waals surface area contributed by atoms with Gasteiger partial charge in [-0.2, -0.15) is 8.78 Å². The molecule has 132 valence electrons. The molecule has 3 N–H and O–H groups in total. The van der Waals surface area contributed by atoms with E-state index in [1.807, 2.05) is 0 Å². The molecule has 7 heteroatoms. The molecule has 1 unspecified atom stereocenters. The van der Waals surface area contributed by atoms with Gasteiger partial charge in [0.25, 0.3) is 0 Å². The molecule has 1 aromatic rings. The molecule has 2 saturated carbocycles. The van der Waals surface area contributed by atoms with Crippen molar-refractivity contribution in [1.29, 1.82) is 0 Å². The molecule has 1 atom stereocenters. The van der Waals surface area contributed by atoms with E-state index < -0.39 is 12.7 Å². The van der Waals surface area contributed by atoms with Crippen molar-refractivity contribution in [2.24, 2.45) is 11.3 Å². The van der Waals surface area contributed by atoms with E-state index in [1.54, 1.807) is 6.07 Å². The van der Waals surface area contributed by atoms with E-state index in [4.69, 9.17) is 0 Å². The number of aliphatic hydroxyl groups is 1. The number of amides is 2. The van der Waals surface area contributed by atoms with Gasteiger partial charge in [-0.1, -0.05) is 12.1 Å². The molecule has 24 heavy (non-hydrogen) atoms. The molecule has 0 radical (unpaired) electrons. The number of ether oxygens (including phenoxy) is 1. The van der Waals surface area contributed by atoms with Gasteiger partial charge >= 0.3 is 12.6 Å². The molecule has 2 amide bonds. The van der Waals surface area contributed by atoms with E-state index in [-0.39, 0.29) is 18.3 Å². The monoisotopic (exact) mass is 340 g/mol. The summed E-state index contributed by atoms with van der Waals surface area (Å²) in [5, 5.41) is 15.6. The van der Waals surface area contributed by atoms with Gasteiger partial charge < -0.3 is 20.5 Å². The van der Waals surface area contributed by atoms with Gasteiger partial charge in [-0.15, -0.1) is 0 Å². The summed E-state index contributed by atoms with van der Waals surface area (Å²) in [4.78, 5) is 11.9. The number of hydrogen-bond acceptors (Lipinski definition) is 3. The standard InChI is InChI=1S/C17H22F2N2O3/c18-15(19)24-13-3-1-2-11(8-13)14(22)9-20-16(23)21-10-17(6-7-17)12-4-5-12/h1-3,8,12,14-15,22H,4-7,9-10H2,(H2,20,21,23). The van der Waals surface area contributed by atoms with Crippen LogP contribution >= 0.6 is 0 Å². The lowest BCUT2D eigenvalue weighted by atomic mass is 10.0. The highest BCUT2D eigenvalue weighted by Crippen LogP contribution is 2.60. The molecule has 0 bridgehead atoms. The number of aliphatic hydroxyl groups excluding tert-OH is 1. The maximum atomic E-state index is 12.2. The van der Waals surface area contributed by atoms with Crippen molar-refractivity contribution in [1.82, 2.24) is 10.6 Å². The molecule has 5 nitrogen and oxygen atoms in total. The van der Waals surface area contributed by atoms with Crippen LogP contribution in [-0.2, 0) is 0 Å². The van der Waals surface area contributed by atoms with Crippen LogP contribution in [0.3, 0.4) is 0 Å². The largest absolute Gasteiger partial charge is 0.435 e. The van der Waals surface area contributed by atoms with Crippen LogP contribution in [0.4, 0.5) is 13.6 Å². The number of hydrogen-bond donors (Lipinski definition) is 3. The maximum absolute atomic E-state index is 12.2. The summed E-state index contributed by atoms with van der Waals surface area (Å²) in [6.07, 6.45) is 3.89. The third kappa shape index (κ3) is 4.35. The van der Waals surface area contributed by atoms with Gasteiger partial charge in [-0.05, 0) is 54.7 Å². The summed E-state index contributed by atoms with van der Waals surface area (Å²) in [7, 11) is 0. The lowest BCUT2D eigenvalue weighted by Gasteiger charge is -2.17. The van der Waals surface area contributed by atoms with Gasteiger partial charge in [0.05, 0.1) is 6.10 Å². The van der Waals surface area contributed by atoms with Crippen molar-refractivity contribution in [3.8, 4) is 5.75 Å². The molecule has 0 spiro atoms. The zero-order valence-electron chi connectivity index (χ0n) is 13.3. The Labute approximate surface area is 139 Å². The highest BCUT2D eigenvalue weighted by Gasteiger charge is 2.53. The first-order chi connectivity index (χ1) is 11.5. The lowest BCUT2D eigenvalue weighted by molar-refractivity contribution is -0.0499. The molecular formula is C17H22F2N2O3. The molecule has 2 aliphatic rings. The van der Waals surface area contributed by atoms with Gasteiger partial charge in [0.15, 0.2) is 0 Å². The normalized spacial score (nSPS) is 19.7. The van der Waals surface area contributed by atoms with Crippen molar-refractivity contribution in [3.63, 3.8) is 0 Å². The molecule has 2 aliphatic carbocycles. The Balaban J connectivity index is 1.43. The molecule has 3 rings (SSSR count). The topological polar surface area (TPSA) is 70.6 Å². The Morgan fingerprint density at radius 2 is 2.08 bits per heavy atom. The van der Waals surface area contributed by atoms with Crippen molar-refractivity contribution >= 4 is 6.03 Å². The first-order valence-corrected chi connectivity index (χ1v) is 8.23. The van der Waals surface area contributed by atoms with Gasteiger partial charge in [0.1, 0.15) is 5.75 Å². The second kappa shape index (κ2) is 6.93. The van der Waals surface area contributed by atoms with E-state index in [2.05, 4.69) is 15.4 Å². The quantitative estimate of drug-likeness (QED) is 0.681. The van der Waals surface area contributed by atoms with Crippen LogP contribution in [0.5, 0.6) is 5.75 Å². The van der Waals surface area contributed by atoms with E-state index in [0.717, 1.165) is 5.92 Å². The van der Waals surface area contributed by atoms with Crippen molar-refractivity contribution < 1.29 is 23.4 Å². The van der Waals surface area contributed by atoms with E-state index in [1.165, 1.54) is 43.9 Å². The van der Waals surface area contributed by atoms with Crippen molar-refractivity contribution in [2.45, 2.75) is 38.4 Å². The van der Waals surface area contributed by atoms with Crippen LogP contribution in [0.25, 0.3) is 0 Å². The van der Waals surface area contributed by atoms with Gasteiger partial charge in [0.2, 0.25) is 0 Å². The number of halogens is 2. The third-order valence-corrected chi connectivity index (χ3v) is 4.86. The van der Waals surface area contributed by atoms with Gasteiger partial charge in [-0.3, -0.25) is 0 Å². The van der Waals surface area contributed by atoms with Crippen molar-refractivity contribution in [2.75, 3.05) is 13.1 Å². The minimum Gasteiger partial charge on any atom is -0.435 e. The summed E-state index contributed by atoms with van der Waals surface area (Å²) in [5.74, 6) is 0.743. The highest BCUT2D eigenvalue weighted by atomic mass is 19.3. The fraction of sp³-hybridized carbons (Fsp3) is 0.588. The number of carbonyl (C=O) groups excluding carboxylic acids is 1. The van der Waals surface area contributed by atoms with Crippen LogP contribution in [0.2, 0.25) is 0 Å². The Morgan fingerprint density at radius 3 is 2.71 bits per heavy atom. The molecule has 0 aromatic heterocycles. The summed E-state index contributed by atoms with van der Waals surface area (Å²) >= 11 is 0. The van der Waals surface area contributed by atoms with Crippen LogP contribution in [0, 0.1) is 11.3 Å². The lowest BCUT2D eigenvalue weighted by Crippen LogP contribution is -2.40. The molecule has 0 heterocycles. The van der Waals surface area contributed by atoms with Gasteiger partial charge in [0, 0.05) is 13.1 Å². The van der Waals surface area contributed by atoms with Crippen LogP contribution < -0.4 is 15.4 Å². The second-order valence-electron chi connectivity index (χ2n) is 6.67. The number of benzene rings is 1. The predicted molar refractivity (Wildman–Crippen MR) is 83.8 cm³/mol. The molecule has 2 fully saturated rings. The molecule has 0 aliphatic heterocycles. The number of nitrogens with one attached hydrogen (secondary N) is 2. The van der Waals surface area contributed by atoms with Crippen LogP contribution in [-0.4, -0.2) is 30.8 Å².